The van der Waals surface area contributed by atoms with Gasteiger partial charge in [-0.15, -0.1) is 0 Å². The molecule has 0 aliphatic carbocycles. The number of aliphatic hydroxyl groups is 1. The van der Waals surface area contributed by atoms with Crippen molar-refractivity contribution in [3.8, 4) is 0 Å². The van der Waals surface area contributed by atoms with E-state index in [1.807, 2.05) is 13.8 Å². The fourth-order valence-corrected chi connectivity index (χ4v) is 1.83. The van der Waals surface area contributed by atoms with Crippen molar-refractivity contribution in [1.29, 1.82) is 0 Å². The number of furan rings is 1. The highest BCUT2D eigenvalue weighted by Crippen LogP contribution is 2.16. The van der Waals surface area contributed by atoms with Crippen molar-refractivity contribution < 1.29 is 19.2 Å². The normalized spacial score (nSPS) is 12.4. The molecule has 0 aromatic carbocycles. The second-order valence-electron chi connectivity index (χ2n) is 4.25. The maximum absolute atomic E-state index is 11.6. The van der Waals surface area contributed by atoms with E-state index in [0.717, 1.165) is 18.9 Å². The first kappa shape index (κ1) is 15.2. The zero-order chi connectivity index (χ0) is 14.4. The predicted octanol–water partition coefficient (Wildman–Crippen LogP) is 1.71. The van der Waals surface area contributed by atoms with Crippen LogP contribution >= 0.6 is 0 Å². The molecule has 7 nitrogen and oxygen atoms in total. The molecule has 0 aliphatic heterocycles. The Bertz CT molecular complexity index is 439. The minimum absolute atomic E-state index is 0.0969. The Kier molecular flexibility index (Phi) is 5.50. The van der Waals surface area contributed by atoms with E-state index in [2.05, 4.69) is 5.32 Å². The van der Waals surface area contributed by atoms with Crippen LogP contribution in [-0.2, 0) is 0 Å². The van der Waals surface area contributed by atoms with Crippen LogP contribution in [-0.4, -0.2) is 28.6 Å². The van der Waals surface area contributed by atoms with E-state index in [1.165, 1.54) is 6.07 Å². The highest BCUT2D eigenvalue weighted by molar-refractivity contribution is 5.91. The van der Waals surface area contributed by atoms with Gasteiger partial charge in [0.25, 0.3) is 5.91 Å². The van der Waals surface area contributed by atoms with Crippen LogP contribution in [0.5, 0.6) is 0 Å². The van der Waals surface area contributed by atoms with Crippen molar-refractivity contribution in [1.82, 2.24) is 5.32 Å². The average molecular weight is 270 g/mol. The topological polar surface area (TPSA) is 106 Å². The maximum Gasteiger partial charge on any atom is 0.433 e. The third-order valence-corrected chi connectivity index (χ3v) is 3.06. The number of amides is 1. The van der Waals surface area contributed by atoms with E-state index in [9.17, 15) is 20.0 Å². The number of nitrogens with zero attached hydrogens (tertiary/aromatic N) is 1. The fourth-order valence-electron chi connectivity index (χ4n) is 1.83. The second kappa shape index (κ2) is 6.89. The zero-order valence-corrected chi connectivity index (χ0v) is 11.0. The number of nitro groups is 1. The lowest BCUT2D eigenvalue weighted by molar-refractivity contribution is -0.402. The van der Waals surface area contributed by atoms with Gasteiger partial charge in [0.2, 0.25) is 0 Å². The lowest BCUT2D eigenvalue weighted by Gasteiger charge is -2.19. The second-order valence-corrected chi connectivity index (χ2v) is 4.25. The molecule has 2 N–H and O–H groups in total. The monoisotopic (exact) mass is 270 g/mol. The van der Waals surface area contributed by atoms with Crippen LogP contribution in [0.3, 0.4) is 0 Å². The highest BCUT2D eigenvalue weighted by Gasteiger charge is 2.20. The summed E-state index contributed by atoms with van der Waals surface area (Å²) in [4.78, 5) is 21.3. The van der Waals surface area contributed by atoms with Crippen molar-refractivity contribution in [3.63, 3.8) is 0 Å². The zero-order valence-electron chi connectivity index (χ0n) is 11.0. The van der Waals surface area contributed by atoms with Crippen LogP contribution in [0.15, 0.2) is 16.5 Å². The summed E-state index contributed by atoms with van der Waals surface area (Å²) in [6.07, 6.45) is 1.00. The van der Waals surface area contributed by atoms with Crippen molar-refractivity contribution in [2.45, 2.75) is 32.8 Å². The molecule has 0 radical (unpaired) electrons. The summed E-state index contributed by atoms with van der Waals surface area (Å²) >= 11 is 0. The van der Waals surface area contributed by atoms with Crippen LogP contribution in [0, 0.1) is 16.0 Å². The van der Waals surface area contributed by atoms with Crippen LogP contribution < -0.4 is 5.32 Å². The SMILES string of the molecule is CCC(CC)C(O)CNC(=O)c1ccc([N+](=O)[O-])o1. The molecular formula is C12H18N2O5. The number of aliphatic hydroxyl groups excluding tert-OH is 1. The lowest BCUT2D eigenvalue weighted by atomic mass is 9.96. The summed E-state index contributed by atoms with van der Waals surface area (Å²) in [5, 5.41) is 22.7. The van der Waals surface area contributed by atoms with Crippen molar-refractivity contribution in [2.75, 3.05) is 6.54 Å². The maximum atomic E-state index is 11.6. The predicted molar refractivity (Wildman–Crippen MR) is 67.8 cm³/mol. The minimum Gasteiger partial charge on any atom is -0.395 e. The van der Waals surface area contributed by atoms with E-state index in [4.69, 9.17) is 4.42 Å². The average Bonchev–Trinajstić information content (AvgIpc) is 2.87. The molecule has 0 fully saturated rings. The number of nitrogens with one attached hydrogen (secondary N) is 1. The van der Waals surface area contributed by atoms with Gasteiger partial charge in [-0.3, -0.25) is 14.9 Å². The number of carbonyl (C=O) groups is 1. The molecule has 0 aliphatic rings. The van der Waals surface area contributed by atoms with Gasteiger partial charge in [0.15, 0.2) is 5.76 Å². The van der Waals surface area contributed by atoms with Crippen LogP contribution in [0.1, 0.15) is 37.2 Å². The third-order valence-electron chi connectivity index (χ3n) is 3.06. The molecule has 1 aromatic heterocycles. The molecule has 0 saturated heterocycles. The Morgan fingerprint density at radius 1 is 1.47 bits per heavy atom. The first-order valence-electron chi connectivity index (χ1n) is 6.20. The van der Waals surface area contributed by atoms with Gasteiger partial charge in [0.1, 0.15) is 4.92 Å². The smallest absolute Gasteiger partial charge is 0.395 e. The fraction of sp³-hybridized carbons (Fsp3) is 0.583. The van der Waals surface area contributed by atoms with Crippen LogP contribution in [0.4, 0.5) is 5.88 Å². The molecule has 1 amide bonds. The standard InChI is InChI=1S/C12H18N2O5/c1-3-8(4-2)9(15)7-13-12(16)10-5-6-11(19-10)14(17)18/h5-6,8-9,15H,3-4,7H2,1-2H3,(H,13,16). The van der Waals surface area contributed by atoms with Crippen LogP contribution in [0.25, 0.3) is 0 Å². The van der Waals surface area contributed by atoms with Gasteiger partial charge in [-0.25, -0.2) is 0 Å². The molecule has 0 saturated carbocycles. The molecule has 1 aromatic rings. The Labute approximate surface area is 110 Å². The minimum atomic E-state index is -0.712. The summed E-state index contributed by atoms with van der Waals surface area (Å²) in [6.45, 7) is 4.03. The van der Waals surface area contributed by atoms with E-state index in [1.54, 1.807) is 0 Å². The first-order chi connectivity index (χ1) is 8.99. The Morgan fingerprint density at radius 2 is 2.11 bits per heavy atom. The molecule has 19 heavy (non-hydrogen) atoms. The summed E-state index contributed by atoms with van der Waals surface area (Å²) in [5.41, 5.74) is 0. The van der Waals surface area contributed by atoms with Crippen LogP contribution in [0.2, 0.25) is 0 Å². The van der Waals surface area contributed by atoms with E-state index in [0.29, 0.717) is 0 Å². The van der Waals surface area contributed by atoms with E-state index < -0.39 is 22.8 Å². The quantitative estimate of drug-likeness (QED) is 0.579. The first-order valence-corrected chi connectivity index (χ1v) is 6.20. The van der Waals surface area contributed by atoms with Gasteiger partial charge in [-0.2, -0.15) is 0 Å². The van der Waals surface area contributed by atoms with Gasteiger partial charge in [0.05, 0.1) is 12.2 Å². The van der Waals surface area contributed by atoms with Crippen molar-refractivity contribution in [3.05, 3.63) is 28.0 Å². The lowest BCUT2D eigenvalue weighted by Crippen LogP contribution is -2.35. The van der Waals surface area contributed by atoms with Gasteiger partial charge in [-0.05, 0) is 12.0 Å². The van der Waals surface area contributed by atoms with Gasteiger partial charge in [-0.1, -0.05) is 26.7 Å². The Balaban J connectivity index is 2.53. The summed E-state index contributed by atoms with van der Waals surface area (Å²) < 4.78 is 4.76. The number of hydrogen-bond acceptors (Lipinski definition) is 5. The number of carbonyl (C=O) groups excluding carboxylic acids is 1. The molecule has 1 rings (SSSR count). The molecule has 1 heterocycles. The molecule has 1 atom stereocenters. The van der Waals surface area contributed by atoms with E-state index in [-0.39, 0.29) is 18.2 Å². The summed E-state index contributed by atoms with van der Waals surface area (Å²) in [5.74, 6) is -1.07. The van der Waals surface area contributed by atoms with Gasteiger partial charge < -0.3 is 14.8 Å². The van der Waals surface area contributed by atoms with Crippen molar-refractivity contribution >= 4 is 11.8 Å². The molecular weight excluding hydrogens is 252 g/mol. The molecule has 7 heteroatoms. The Hall–Kier alpha value is -1.89. The number of rotatable bonds is 7. The van der Waals surface area contributed by atoms with Gasteiger partial charge >= 0.3 is 5.88 Å². The van der Waals surface area contributed by atoms with E-state index >= 15 is 0 Å². The summed E-state index contributed by atoms with van der Waals surface area (Å²) in [6, 6.07) is 2.35. The van der Waals surface area contributed by atoms with Gasteiger partial charge in [0, 0.05) is 6.54 Å². The highest BCUT2D eigenvalue weighted by atomic mass is 16.6. The largest absolute Gasteiger partial charge is 0.433 e. The number of hydrogen-bond donors (Lipinski definition) is 2. The van der Waals surface area contributed by atoms with Crippen molar-refractivity contribution in [2.24, 2.45) is 5.92 Å². The molecule has 1 unspecified atom stereocenters. The Morgan fingerprint density at radius 3 is 2.58 bits per heavy atom. The molecule has 0 spiro atoms. The summed E-state index contributed by atoms with van der Waals surface area (Å²) in [7, 11) is 0. The molecule has 0 bridgehead atoms. The molecule has 106 valence electrons. The third kappa shape index (κ3) is 4.06.